The van der Waals surface area contributed by atoms with E-state index >= 15 is 0 Å². The van der Waals surface area contributed by atoms with Crippen LogP contribution in [0.4, 0.5) is 0 Å². The van der Waals surface area contributed by atoms with Crippen molar-refractivity contribution in [2.24, 2.45) is 0 Å². The van der Waals surface area contributed by atoms with E-state index in [0.29, 0.717) is 28.6 Å². The van der Waals surface area contributed by atoms with Gasteiger partial charge in [-0.25, -0.2) is 9.78 Å². The fourth-order valence-corrected chi connectivity index (χ4v) is 2.27. The third-order valence-electron chi connectivity index (χ3n) is 3.55. The van der Waals surface area contributed by atoms with Crippen molar-refractivity contribution in [3.05, 3.63) is 66.1 Å². The number of oxazole rings is 1. The average Bonchev–Trinajstić information content (AvgIpc) is 3.15. The number of aromatic nitrogens is 1. The van der Waals surface area contributed by atoms with Crippen LogP contribution in [-0.4, -0.2) is 25.2 Å². The van der Waals surface area contributed by atoms with E-state index in [9.17, 15) is 4.79 Å². The number of rotatable bonds is 6. The summed E-state index contributed by atoms with van der Waals surface area (Å²) in [6, 6.07) is 14.4. The van der Waals surface area contributed by atoms with Gasteiger partial charge in [-0.2, -0.15) is 0 Å². The fraction of sp³-hybridized carbons (Fsp3) is 0.158. The molecule has 0 spiro atoms. The molecule has 0 fully saturated rings. The number of hydrogen-bond acceptors (Lipinski definition) is 6. The number of hydrogen-bond donors (Lipinski definition) is 0. The minimum absolute atomic E-state index is 0.00432. The number of carbonyl (C=O) groups excluding carboxylic acids is 1. The second kappa shape index (κ2) is 7.53. The summed E-state index contributed by atoms with van der Waals surface area (Å²) in [5.74, 6) is 0.948. The maximum absolute atomic E-state index is 12.3. The van der Waals surface area contributed by atoms with Gasteiger partial charge in [0.1, 0.15) is 35.6 Å². The molecule has 128 valence electrons. The highest BCUT2D eigenvalue weighted by atomic mass is 16.5. The highest BCUT2D eigenvalue weighted by Gasteiger charge is 2.16. The van der Waals surface area contributed by atoms with Crippen molar-refractivity contribution in [2.75, 3.05) is 14.2 Å². The molecule has 0 aliphatic rings. The third-order valence-corrected chi connectivity index (χ3v) is 3.55. The highest BCUT2D eigenvalue weighted by Crippen LogP contribution is 2.25. The van der Waals surface area contributed by atoms with Gasteiger partial charge < -0.3 is 18.6 Å². The Labute approximate surface area is 145 Å². The Balaban J connectivity index is 1.68. The van der Waals surface area contributed by atoms with E-state index in [1.54, 1.807) is 25.3 Å². The quantitative estimate of drug-likeness (QED) is 0.638. The number of ether oxygens (including phenoxy) is 3. The summed E-state index contributed by atoms with van der Waals surface area (Å²) in [5.41, 5.74) is 1.70. The maximum atomic E-state index is 12.3. The summed E-state index contributed by atoms with van der Waals surface area (Å²) in [5, 5.41) is 0. The monoisotopic (exact) mass is 339 g/mol. The molecule has 0 unspecified atom stereocenters. The number of benzene rings is 2. The molecular formula is C19H17NO5. The van der Waals surface area contributed by atoms with E-state index in [2.05, 4.69) is 4.98 Å². The molecule has 3 aromatic rings. The molecule has 3 rings (SSSR count). The third kappa shape index (κ3) is 3.80. The van der Waals surface area contributed by atoms with Gasteiger partial charge in [0.05, 0.1) is 14.2 Å². The maximum Gasteiger partial charge on any atom is 0.342 e. The lowest BCUT2D eigenvalue weighted by Gasteiger charge is -2.09. The van der Waals surface area contributed by atoms with E-state index in [1.807, 2.05) is 30.3 Å². The number of carbonyl (C=O) groups is 1. The zero-order valence-electron chi connectivity index (χ0n) is 13.9. The van der Waals surface area contributed by atoms with Crippen molar-refractivity contribution in [2.45, 2.75) is 6.61 Å². The molecule has 0 amide bonds. The Morgan fingerprint density at radius 3 is 2.60 bits per heavy atom. The topological polar surface area (TPSA) is 70.8 Å². The average molecular weight is 339 g/mol. The van der Waals surface area contributed by atoms with Crippen molar-refractivity contribution in [3.8, 4) is 23.0 Å². The first kappa shape index (κ1) is 16.6. The van der Waals surface area contributed by atoms with Crippen LogP contribution in [0, 0.1) is 0 Å². The molecule has 0 bridgehead atoms. The van der Waals surface area contributed by atoms with Crippen LogP contribution in [0.1, 0.15) is 16.1 Å². The van der Waals surface area contributed by atoms with Crippen LogP contribution in [0.2, 0.25) is 0 Å². The van der Waals surface area contributed by atoms with Crippen LogP contribution in [-0.2, 0) is 11.3 Å². The summed E-state index contributed by atoms with van der Waals surface area (Å²) in [6.45, 7) is 0.00432. The van der Waals surface area contributed by atoms with Crippen molar-refractivity contribution in [1.82, 2.24) is 4.98 Å². The van der Waals surface area contributed by atoms with Crippen LogP contribution in [0.5, 0.6) is 11.5 Å². The van der Waals surface area contributed by atoms with E-state index < -0.39 is 5.97 Å². The minimum atomic E-state index is -0.510. The molecule has 1 heterocycles. The van der Waals surface area contributed by atoms with Gasteiger partial charge >= 0.3 is 5.97 Å². The standard InChI is InChI=1S/C19H17NO5/c1-22-15-8-9-16(17(10-15)23-2)19(21)25-12-14-11-24-18(20-14)13-6-4-3-5-7-13/h3-11H,12H2,1-2H3. The summed E-state index contributed by atoms with van der Waals surface area (Å²) in [7, 11) is 3.02. The van der Waals surface area contributed by atoms with Gasteiger partial charge in [0.25, 0.3) is 0 Å². The summed E-state index contributed by atoms with van der Waals surface area (Å²) in [4.78, 5) is 16.6. The molecule has 0 aliphatic heterocycles. The van der Waals surface area contributed by atoms with E-state index in [1.165, 1.54) is 13.4 Å². The first-order chi connectivity index (χ1) is 12.2. The SMILES string of the molecule is COc1ccc(C(=O)OCc2coc(-c3ccccc3)n2)c(OC)c1. The van der Waals surface area contributed by atoms with Gasteiger partial charge in [-0.15, -0.1) is 0 Å². The molecule has 1 aromatic heterocycles. The van der Waals surface area contributed by atoms with E-state index in [4.69, 9.17) is 18.6 Å². The van der Waals surface area contributed by atoms with Gasteiger partial charge in [0.15, 0.2) is 0 Å². The Morgan fingerprint density at radius 1 is 1.08 bits per heavy atom. The van der Waals surface area contributed by atoms with E-state index in [-0.39, 0.29) is 6.61 Å². The minimum Gasteiger partial charge on any atom is -0.497 e. The molecule has 0 saturated carbocycles. The predicted molar refractivity (Wildman–Crippen MR) is 90.6 cm³/mol. The molecule has 0 N–H and O–H groups in total. The Morgan fingerprint density at radius 2 is 1.88 bits per heavy atom. The molecule has 0 saturated heterocycles. The summed E-state index contributed by atoms with van der Waals surface area (Å²) >= 11 is 0. The molecule has 0 atom stereocenters. The lowest BCUT2D eigenvalue weighted by molar-refractivity contribution is 0.0464. The fourth-order valence-electron chi connectivity index (χ4n) is 2.27. The van der Waals surface area contributed by atoms with Crippen LogP contribution in [0.3, 0.4) is 0 Å². The zero-order chi connectivity index (χ0) is 17.6. The molecule has 2 aromatic carbocycles. The molecular weight excluding hydrogens is 322 g/mol. The van der Waals surface area contributed by atoms with Gasteiger partial charge in [0.2, 0.25) is 5.89 Å². The van der Waals surface area contributed by atoms with E-state index in [0.717, 1.165) is 5.56 Å². The second-order valence-corrected chi connectivity index (χ2v) is 5.15. The predicted octanol–water partition coefficient (Wildman–Crippen LogP) is 3.72. The Hall–Kier alpha value is -3.28. The van der Waals surface area contributed by atoms with Crippen LogP contribution in [0.15, 0.2) is 59.2 Å². The van der Waals surface area contributed by atoms with Gasteiger partial charge in [-0.1, -0.05) is 18.2 Å². The lowest BCUT2D eigenvalue weighted by atomic mass is 10.2. The van der Waals surface area contributed by atoms with Gasteiger partial charge in [0, 0.05) is 11.6 Å². The highest BCUT2D eigenvalue weighted by molar-refractivity contribution is 5.92. The van der Waals surface area contributed by atoms with Crippen LogP contribution < -0.4 is 9.47 Å². The van der Waals surface area contributed by atoms with Crippen LogP contribution in [0.25, 0.3) is 11.5 Å². The Bertz CT molecular complexity index is 857. The normalized spacial score (nSPS) is 10.3. The van der Waals surface area contributed by atoms with Crippen molar-refractivity contribution < 1.29 is 23.4 Å². The molecule has 25 heavy (non-hydrogen) atoms. The lowest BCUT2D eigenvalue weighted by Crippen LogP contribution is -2.07. The van der Waals surface area contributed by atoms with Crippen LogP contribution >= 0.6 is 0 Å². The first-order valence-corrected chi connectivity index (χ1v) is 7.60. The number of esters is 1. The molecule has 0 aliphatic carbocycles. The summed E-state index contributed by atoms with van der Waals surface area (Å²) in [6.07, 6.45) is 1.47. The smallest absolute Gasteiger partial charge is 0.342 e. The van der Waals surface area contributed by atoms with Crippen molar-refractivity contribution in [1.29, 1.82) is 0 Å². The van der Waals surface area contributed by atoms with Crippen molar-refractivity contribution >= 4 is 5.97 Å². The molecule has 6 nitrogen and oxygen atoms in total. The van der Waals surface area contributed by atoms with Gasteiger partial charge in [-0.05, 0) is 24.3 Å². The number of nitrogens with zero attached hydrogens (tertiary/aromatic N) is 1. The molecule has 0 radical (unpaired) electrons. The van der Waals surface area contributed by atoms with Gasteiger partial charge in [-0.3, -0.25) is 0 Å². The zero-order valence-corrected chi connectivity index (χ0v) is 13.9. The van der Waals surface area contributed by atoms with Crippen molar-refractivity contribution in [3.63, 3.8) is 0 Å². The number of methoxy groups -OCH3 is 2. The Kier molecular flexibility index (Phi) is 4.99. The molecule has 6 heteroatoms. The largest absolute Gasteiger partial charge is 0.497 e. The second-order valence-electron chi connectivity index (χ2n) is 5.15. The first-order valence-electron chi connectivity index (χ1n) is 7.60. The summed E-state index contributed by atoms with van der Waals surface area (Å²) < 4.78 is 21.0.